The summed E-state index contributed by atoms with van der Waals surface area (Å²) in [6.07, 6.45) is 0. The average molecular weight is 326 g/mol. The fourth-order valence-electron chi connectivity index (χ4n) is 1.57. The summed E-state index contributed by atoms with van der Waals surface area (Å²) in [4.78, 5) is 33.9. The zero-order valence-corrected chi connectivity index (χ0v) is 15.1. The topological polar surface area (TPSA) is 55.4 Å². The van der Waals surface area contributed by atoms with Crippen molar-refractivity contribution >= 4 is 9.84 Å². The van der Waals surface area contributed by atoms with E-state index in [9.17, 15) is 0 Å². The maximum atomic E-state index is 5.65. The van der Waals surface area contributed by atoms with Gasteiger partial charge >= 0.3 is 9.84 Å². The number of rotatable bonds is 14. The van der Waals surface area contributed by atoms with E-state index < -0.39 is 9.28 Å². The summed E-state index contributed by atoms with van der Waals surface area (Å²) in [5.41, 5.74) is 0. The van der Waals surface area contributed by atoms with Crippen LogP contribution < -0.4 is 0 Å². The summed E-state index contributed by atoms with van der Waals surface area (Å²) in [6.45, 7) is 13.7. The molecule has 126 valence electrons. The third-order valence-electron chi connectivity index (χ3n) is 2.04. The van der Waals surface area contributed by atoms with Gasteiger partial charge in [0.25, 0.3) is 0 Å². The highest BCUT2D eigenvalue weighted by Crippen LogP contribution is 2.19. The van der Waals surface area contributed by atoms with Gasteiger partial charge in [0, 0.05) is 0 Å². The predicted molar refractivity (Wildman–Crippen MR) is 76.0 cm³/mol. The number of quaternary nitrogens is 2. The quantitative estimate of drug-likeness (QED) is 0.359. The Morgan fingerprint density at radius 2 is 0.667 bits per heavy atom. The van der Waals surface area contributed by atoms with Crippen LogP contribution in [-0.4, -0.2) is 58.8 Å². The number of hydrogen-bond acceptors (Lipinski definition) is 6. The maximum Gasteiger partial charge on any atom is 0.988 e. The Balaban J connectivity index is 5.30. The van der Waals surface area contributed by atoms with E-state index in [1.807, 2.05) is 41.5 Å². The summed E-state index contributed by atoms with van der Waals surface area (Å²) in [7, 11) is -0.262. The minimum atomic E-state index is -0.483. The van der Waals surface area contributed by atoms with Gasteiger partial charge in [-0.2, -0.15) is 0 Å². The van der Waals surface area contributed by atoms with E-state index in [1.165, 1.54) is 0 Å². The summed E-state index contributed by atoms with van der Waals surface area (Å²) in [6, 6.07) is 0. The van der Waals surface area contributed by atoms with E-state index in [2.05, 4.69) is 0 Å². The van der Waals surface area contributed by atoms with Crippen molar-refractivity contribution in [2.45, 2.75) is 41.5 Å². The van der Waals surface area contributed by atoms with Gasteiger partial charge in [-0.3, -0.25) is 0 Å². The summed E-state index contributed by atoms with van der Waals surface area (Å²) in [5, 5.41) is 0. The van der Waals surface area contributed by atoms with Gasteiger partial charge in [-0.15, -0.1) is 29.0 Å². The molecule has 0 rings (SSSR count). The van der Waals surface area contributed by atoms with Crippen LogP contribution in [0.4, 0.5) is 0 Å². The summed E-state index contributed by atoms with van der Waals surface area (Å²) >= 11 is 0. The van der Waals surface area contributed by atoms with Gasteiger partial charge in [0.1, 0.15) is 48.9 Å². The van der Waals surface area contributed by atoms with E-state index in [4.69, 9.17) is 29.0 Å². The van der Waals surface area contributed by atoms with Crippen molar-refractivity contribution in [1.82, 2.24) is 0 Å². The minimum absolute atomic E-state index is 0.262. The Morgan fingerprint density at radius 1 is 0.476 bits per heavy atom. The molecule has 21 heavy (non-hydrogen) atoms. The molecule has 8 nitrogen and oxygen atoms in total. The Hall–Kier alpha value is -0.103. The lowest BCUT2D eigenvalue weighted by Gasteiger charge is -2.31. The van der Waals surface area contributed by atoms with E-state index in [0.29, 0.717) is 39.6 Å². The number of hydrogen-bond donors (Lipinski definition) is 0. The average Bonchev–Trinajstić information content (AvgIpc) is 2.40. The van der Waals surface area contributed by atoms with Crippen LogP contribution in [-0.2, 0) is 29.0 Å². The van der Waals surface area contributed by atoms with E-state index >= 15 is 0 Å². The maximum absolute atomic E-state index is 5.65. The lowest BCUT2D eigenvalue weighted by molar-refractivity contribution is -1.38. The van der Waals surface area contributed by atoms with Gasteiger partial charge in [0.05, 0.1) is 0 Å². The molecule has 9 heteroatoms. The van der Waals surface area contributed by atoms with Crippen LogP contribution in [0.15, 0.2) is 0 Å². The van der Waals surface area contributed by atoms with Crippen molar-refractivity contribution < 1.29 is 38.3 Å². The molecule has 0 N–H and O–H groups in total. The smallest absolute Gasteiger partial charge is 0.147 e. The van der Waals surface area contributed by atoms with Crippen molar-refractivity contribution in [2.24, 2.45) is 0 Å². The molecule has 0 unspecified atom stereocenters. The normalized spacial score (nSPS) is 12.9. The van der Waals surface area contributed by atoms with Gasteiger partial charge in [0.2, 0.25) is 0 Å². The van der Waals surface area contributed by atoms with Crippen LogP contribution in [0.25, 0.3) is 0 Å². The zero-order chi connectivity index (χ0) is 16.2. The molecular formula is C12H30N2O6Si+2. The Kier molecular flexibility index (Phi) is 11.4. The largest absolute Gasteiger partial charge is 0.988 e. The van der Waals surface area contributed by atoms with Crippen molar-refractivity contribution in [1.29, 1.82) is 0 Å². The molecule has 0 amide bonds. The molecule has 0 atom stereocenters. The molecule has 0 aliphatic rings. The fourth-order valence-corrected chi connectivity index (χ4v) is 2.99. The van der Waals surface area contributed by atoms with Crippen molar-refractivity contribution in [3.63, 3.8) is 0 Å². The molecule has 0 saturated carbocycles. The molecule has 0 aliphatic carbocycles. The second kappa shape index (κ2) is 11.5. The highest BCUT2D eigenvalue weighted by Gasteiger charge is 2.64. The van der Waals surface area contributed by atoms with Gasteiger partial charge < -0.3 is 0 Å². The highest BCUT2D eigenvalue weighted by atomic mass is 28.2. The second-order valence-electron chi connectivity index (χ2n) is 3.60. The van der Waals surface area contributed by atoms with Gasteiger partial charge in [-0.25, -0.2) is 0 Å². The first-order valence-electron chi connectivity index (χ1n) is 7.52. The van der Waals surface area contributed by atoms with Crippen molar-refractivity contribution in [2.75, 3.05) is 39.6 Å². The fraction of sp³-hybridized carbons (Fsp3) is 1.00. The Morgan fingerprint density at radius 3 is 0.810 bits per heavy atom. The van der Waals surface area contributed by atoms with E-state index in [1.54, 1.807) is 0 Å². The first kappa shape index (κ1) is 20.9. The summed E-state index contributed by atoms with van der Waals surface area (Å²) < 4.78 is -0.965. The molecule has 0 heterocycles. The molecule has 0 spiro atoms. The molecule has 0 aliphatic heterocycles. The molecule has 0 aromatic heterocycles. The molecule has 0 fully saturated rings. The summed E-state index contributed by atoms with van der Waals surface area (Å²) in [5.74, 6) is 0. The van der Waals surface area contributed by atoms with E-state index in [-0.39, 0.29) is 9.84 Å². The molecule has 0 bridgehead atoms. The van der Waals surface area contributed by atoms with Crippen LogP contribution in [0.2, 0.25) is 0 Å². The molecule has 0 aromatic rings. The molecule has 2 radical (unpaired) electrons. The third kappa shape index (κ3) is 7.13. The van der Waals surface area contributed by atoms with Crippen molar-refractivity contribution in [3.8, 4) is 0 Å². The molecule has 0 aromatic carbocycles. The standard InChI is InChI=1S/C12H30N2O6Si/c1-7-15-13(16-8-2,17-9-3)21-14(18-10-4,19-11-5)20-12-6/h7-12H2,1-6H3/q+2. The van der Waals surface area contributed by atoms with Crippen LogP contribution in [0.3, 0.4) is 0 Å². The van der Waals surface area contributed by atoms with Crippen LogP contribution >= 0.6 is 0 Å². The van der Waals surface area contributed by atoms with E-state index in [0.717, 1.165) is 0 Å². The Labute approximate surface area is 130 Å². The Bertz CT molecular complexity index is 202. The number of nitrogens with zero attached hydrogens (tertiary/aromatic N) is 2. The minimum Gasteiger partial charge on any atom is -0.147 e. The zero-order valence-electron chi connectivity index (χ0n) is 14.1. The first-order chi connectivity index (χ1) is 10.1. The molecule has 0 saturated heterocycles. The monoisotopic (exact) mass is 326 g/mol. The lowest BCUT2D eigenvalue weighted by Crippen LogP contribution is -2.65. The third-order valence-corrected chi connectivity index (χ3v) is 3.30. The van der Waals surface area contributed by atoms with Crippen molar-refractivity contribution in [3.05, 3.63) is 0 Å². The van der Waals surface area contributed by atoms with Gasteiger partial charge in [-0.05, 0) is 41.5 Å². The van der Waals surface area contributed by atoms with Gasteiger partial charge in [-0.1, -0.05) is 0 Å². The predicted octanol–water partition coefficient (Wildman–Crippen LogP) is 1.86. The van der Waals surface area contributed by atoms with Crippen LogP contribution in [0, 0.1) is 0 Å². The SMILES string of the molecule is CCO[N+](OCC)(OCC)[Si][N+](OCC)(OCC)OCC. The highest BCUT2D eigenvalue weighted by molar-refractivity contribution is 6.14. The van der Waals surface area contributed by atoms with Crippen LogP contribution in [0.5, 0.6) is 0 Å². The van der Waals surface area contributed by atoms with Crippen LogP contribution in [0.1, 0.15) is 41.5 Å². The lowest BCUT2D eigenvalue weighted by atomic mass is 10.9. The van der Waals surface area contributed by atoms with Gasteiger partial charge in [0.15, 0.2) is 0 Å². The first-order valence-corrected chi connectivity index (χ1v) is 8.41. The second-order valence-corrected chi connectivity index (χ2v) is 4.90. The molecular weight excluding hydrogens is 296 g/mol.